The number of primary amides is 1. The summed E-state index contributed by atoms with van der Waals surface area (Å²) in [4.78, 5) is 26.3. The predicted molar refractivity (Wildman–Crippen MR) is 77.9 cm³/mol. The van der Waals surface area contributed by atoms with Crippen LogP contribution in [0.15, 0.2) is 29.6 Å². The molecule has 2 rings (SSSR count). The van der Waals surface area contributed by atoms with E-state index in [1.54, 1.807) is 12.3 Å². The summed E-state index contributed by atoms with van der Waals surface area (Å²) in [5.41, 5.74) is 6.90. The monoisotopic (exact) mass is 306 g/mol. The second kappa shape index (κ2) is 6.85. The van der Waals surface area contributed by atoms with Crippen molar-refractivity contribution in [3.63, 3.8) is 0 Å². The fourth-order valence-electron chi connectivity index (χ4n) is 1.60. The van der Waals surface area contributed by atoms with E-state index >= 15 is 0 Å². The Morgan fingerprint density at radius 3 is 2.57 bits per heavy atom. The van der Waals surface area contributed by atoms with Crippen LogP contribution in [0.4, 0.5) is 4.79 Å². The molecular formula is C14H14N2O4S. The molecule has 0 bridgehead atoms. The van der Waals surface area contributed by atoms with Gasteiger partial charge in [0.1, 0.15) is 11.6 Å². The number of rotatable bonds is 5. The topological polar surface area (TPSA) is 91.5 Å². The first kappa shape index (κ1) is 15.0. The maximum absolute atomic E-state index is 11.6. The van der Waals surface area contributed by atoms with E-state index in [4.69, 9.17) is 15.2 Å². The quantitative estimate of drug-likeness (QED) is 0.857. The van der Waals surface area contributed by atoms with Crippen LogP contribution in [0.1, 0.15) is 23.0 Å². The number of carbonyl (C=O) groups is 2. The molecule has 0 aliphatic carbocycles. The van der Waals surface area contributed by atoms with Gasteiger partial charge in [0.2, 0.25) is 0 Å². The number of benzene rings is 1. The molecule has 0 aliphatic heterocycles. The highest BCUT2D eigenvalue weighted by Gasteiger charge is 2.12. The second-order valence-corrected chi connectivity index (χ2v) is 4.92. The zero-order valence-corrected chi connectivity index (χ0v) is 12.2. The molecule has 0 unspecified atom stereocenters. The Kier molecular flexibility index (Phi) is 4.89. The first-order valence-corrected chi connectivity index (χ1v) is 7.12. The molecule has 1 heterocycles. The van der Waals surface area contributed by atoms with Gasteiger partial charge in [0.25, 0.3) is 0 Å². The van der Waals surface area contributed by atoms with Gasteiger partial charge in [0, 0.05) is 10.9 Å². The Labute approximate surface area is 125 Å². The minimum absolute atomic E-state index is 0.127. The van der Waals surface area contributed by atoms with E-state index in [-0.39, 0.29) is 6.61 Å². The molecule has 0 aliphatic rings. The van der Waals surface area contributed by atoms with Gasteiger partial charge in [-0.25, -0.2) is 14.6 Å². The molecule has 0 saturated carbocycles. The summed E-state index contributed by atoms with van der Waals surface area (Å²) in [7, 11) is 0. The predicted octanol–water partition coefficient (Wildman–Crippen LogP) is 2.58. The molecule has 2 N–H and O–H groups in total. The molecular weight excluding hydrogens is 292 g/mol. The zero-order chi connectivity index (χ0) is 15.2. The number of ether oxygens (including phenoxy) is 2. The lowest BCUT2D eigenvalue weighted by molar-refractivity contribution is 0.0520. The van der Waals surface area contributed by atoms with Crippen molar-refractivity contribution in [1.29, 1.82) is 0 Å². The minimum Gasteiger partial charge on any atom is -0.461 e. The van der Waals surface area contributed by atoms with Crippen LogP contribution >= 0.6 is 11.3 Å². The van der Waals surface area contributed by atoms with E-state index in [0.717, 1.165) is 16.1 Å². The van der Waals surface area contributed by atoms with Gasteiger partial charge in [-0.05, 0) is 12.5 Å². The Hall–Kier alpha value is -2.41. The van der Waals surface area contributed by atoms with Crippen LogP contribution in [0.25, 0.3) is 10.6 Å². The van der Waals surface area contributed by atoms with Crippen molar-refractivity contribution in [3.8, 4) is 10.6 Å². The summed E-state index contributed by atoms with van der Waals surface area (Å²) in [6.07, 6.45) is -0.807. The number of nitrogens with zero attached hydrogens (tertiary/aromatic N) is 1. The maximum Gasteiger partial charge on any atom is 0.404 e. The fourth-order valence-corrected chi connectivity index (χ4v) is 2.40. The number of hydrogen-bond acceptors (Lipinski definition) is 6. The van der Waals surface area contributed by atoms with Crippen molar-refractivity contribution in [1.82, 2.24) is 4.98 Å². The molecule has 1 aromatic carbocycles. The van der Waals surface area contributed by atoms with Crippen LogP contribution in [0.2, 0.25) is 0 Å². The highest BCUT2D eigenvalue weighted by atomic mass is 32.1. The van der Waals surface area contributed by atoms with Crippen LogP contribution in [-0.4, -0.2) is 23.7 Å². The van der Waals surface area contributed by atoms with E-state index in [2.05, 4.69) is 4.98 Å². The van der Waals surface area contributed by atoms with Crippen LogP contribution < -0.4 is 5.73 Å². The van der Waals surface area contributed by atoms with E-state index in [0.29, 0.717) is 12.3 Å². The van der Waals surface area contributed by atoms with Crippen molar-refractivity contribution in [2.45, 2.75) is 13.5 Å². The third kappa shape index (κ3) is 4.03. The molecule has 21 heavy (non-hydrogen) atoms. The van der Waals surface area contributed by atoms with Crippen molar-refractivity contribution < 1.29 is 19.1 Å². The second-order valence-electron chi connectivity index (χ2n) is 4.06. The van der Waals surface area contributed by atoms with Crippen molar-refractivity contribution in [2.75, 3.05) is 6.61 Å². The summed E-state index contributed by atoms with van der Waals surface area (Å²) < 4.78 is 9.60. The van der Waals surface area contributed by atoms with Crippen molar-refractivity contribution in [3.05, 3.63) is 40.9 Å². The van der Waals surface area contributed by atoms with E-state index in [1.807, 2.05) is 24.3 Å². The van der Waals surface area contributed by atoms with E-state index in [9.17, 15) is 9.59 Å². The Morgan fingerprint density at radius 1 is 1.24 bits per heavy atom. The lowest BCUT2D eigenvalue weighted by Crippen LogP contribution is -2.12. The molecule has 2 aromatic rings. The number of thiazole rings is 1. The molecule has 1 amide bonds. The molecule has 7 heteroatoms. The average molecular weight is 306 g/mol. The van der Waals surface area contributed by atoms with Gasteiger partial charge in [-0.15, -0.1) is 11.3 Å². The molecule has 0 spiro atoms. The molecule has 1 aromatic heterocycles. The van der Waals surface area contributed by atoms with Gasteiger partial charge in [-0.2, -0.15) is 0 Å². The Bertz CT molecular complexity index is 637. The van der Waals surface area contributed by atoms with E-state index < -0.39 is 12.1 Å². The molecule has 0 atom stereocenters. The third-order valence-corrected chi connectivity index (χ3v) is 3.46. The van der Waals surface area contributed by atoms with Gasteiger partial charge in [0.15, 0.2) is 5.69 Å². The van der Waals surface area contributed by atoms with Crippen LogP contribution in [-0.2, 0) is 16.1 Å². The third-order valence-electron chi connectivity index (χ3n) is 2.57. The van der Waals surface area contributed by atoms with Crippen LogP contribution in [0.3, 0.4) is 0 Å². The number of carbonyl (C=O) groups excluding carboxylic acids is 2. The van der Waals surface area contributed by atoms with Gasteiger partial charge in [-0.1, -0.05) is 24.3 Å². The number of amides is 1. The Morgan fingerprint density at radius 2 is 1.95 bits per heavy atom. The maximum atomic E-state index is 11.6. The van der Waals surface area contributed by atoms with Gasteiger partial charge in [-0.3, -0.25) is 0 Å². The smallest absolute Gasteiger partial charge is 0.404 e. The van der Waals surface area contributed by atoms with Crippen LogP contribution in [0.5, 0.6) is 0 Å². The fraction of sp³-hybridized carbons (Fsp3) is 0.214. The number of aromatic nitrogens is 1. The van der Waals surface area contributed by atoms with E-state index in [1.165, 1.54) is 11.3 Å². The lowest BCUT2D eigenvalue weighted by atomic mass is 10.1. The standard InChI is InChI=1S/C14H14N2O4S/c1-2-19-13(17)11-8-21-12(16-11)10-5-3-9(4-6-10)7-20-14(15)18/h3-6,8H,2,7H2,1H3,(H2,15,18). The molecule has 6 nitrogen and oxygen atoms in total. The summed E-state index contributed by atoms with van der Waals surface area (Å²) in [5.74, 6) is -0.425. The molecule has 110 valence electrons. The van der Waals surface area contributed by atoms with Crippen molar-refractivity contribution >= 4 is 23.4 Å². The normalized spacial score (nSPS) is 10.1. The summed E-state index contributed by atoms with van der Waals surface area (Å²) in [5, 5.41) is 2.39. The first-order valence-electron chi connectivity index (χ1n) is 6.24. The van der Waals surface area contributed by atoms with Crippen LogP contribution in [0, 0.1) is 0 Å². The largest absolute Gasteiger partial charge is 0.461 e. The zero-order valence-electron chi connectivity index (χ0n) is 11.4. The number of esters is 1. The summed E-state index contributed by atoms with van der Waals surface area (Å²) in [6.45, 7) is 2.19. The molecule has 0 fully saturated rings. The van der Waals surface area contributed by atoms with Crippen molar-refractivity contribution in [2.24, 2.45) is 5.73 Å². The highest BCUT2D eigenvalue weighted by Crippen LogP contribution is 2.24. The summed E-state index contributed by atoms with van der Waals surface area (Å²) >= 11 is 1.36. The molecule has 0 radical (unpaired) electrons. The highest BCUT2D eigenvalue weighted by molar-refractivity contribution is 7.13. The SMILES string of the molecule is CCOC(=O)c1csc(-c2ccc(COC(N)=O)cc2)n1. The van der Waals surface area contributed by atoms with Gasteiger partial charge >= 0.3 is 12.1 Å². The summed E-state index contributed by atoms with van der Waals surface area (Å²) in [6, 6.07) is 7.30. The van der Waals surface area contributed by atoms with Gasteiger partial charge < -0.3 is 15.2 Å². The lowest BCUT2D eigenvalue weighted by Gasteiger charge is -2.02. The Balaban J connectivity index is 2.08. The minimum atomic E-state index is -0.807. The average Bonchev–Trinajstić information content (AvgIpc) is 2.96. The number of hydrogen-bond donors (Lipinski definition) is 1. The first-order chi connectivity index (χ1) is 10.1. The molecule has 0 saturated heterocycles. The number of nitrogens with two attached hydrogens (primary N) is 1. The van der Waals surface area contributed by atoms with Gasteiger partial charge in [0.05, 0.1) is 6.61 Å².